The van der Waals surface area contributed by atoms with Crippen LogP contribution in [0.1, 0.15) is 30.6 Å². The highest BCUT2D eigenvalue weighted by atomic mass is 16.5. The van der Waals surface area contributed by atoms with Crippen LogP contribution in [-0.2, 0) is 4.79 Å². The van der Waals surface area contributed by atoms with Crippen LogP contribution >= 0.6 is 0 Å². The number of ether oxygens (including phenoxy) is 1. The molecule has 0 aliphatic carbocycles. The number of methoxy groups -OCH3 is 1. The Bertz CT molecular complexity index is 459. The molecule has 0 aliphatic rings. The van der Waals surface area contributed by atoms with Gasteiger partial charge in [0.05, 0.1) is 12.7 Å². The predicted octanol–water partition coefficient (Wildman–Crippen LogP) is 1.92. The van der Waals surface area contributed by atoms with Crippen LogP contribution < -0.4 is 10.1 Å². The molecular formula is C14H19NO4. The summed E-state index contributed by atoms with van der Waals surface area (Å²) in [7, 11) is 1.47. The summed E-state index contributed by atoms with van der Waals surface area (Å²) in [5.74, 6) is -1.19. The Morgan fingerprint density at radius 2 is 2.00 bits per heavy atom. The van der Waals surface area contributed by atoms with Gasteiger partial charge in [0.2, 0.25) is 0 Å². The van der Waals surface area contributed by atoms with E-state index in [0.29, 0.717) is 17.7 Å². The standard InChI is InChI=1S/C14H19NO4/c1-4-9(2)12(14(17)18)15-13(16)10-7-5-6-8-11(10)19-3/h5-9,12H,4H2,1-3H3,(H,15,16)(H,17,18)/t9?,12-/m0/s1. The fourth-order valence-corrected chi connectivity index (χ4v) is 1.73. The summed E-state index contributed by atoms with van der Waals surface area (Å²) in [6.45, 7) is 3.68. The zero-order chi connectivity index (χ0) is 14.4. The number of carbonyl (C=O) groups is 2. The first kappa shape index (κ1) is 15.0. The van der Waals surface area contributed by atoms with E-state index in [9.17, 15) is 9.59 Å². The van der Waals surface area contributed by atoms with Gasteiger partial charge >= 0.3 is 5.97 Å². The third-order valence-corrected chi connectivity index (χ3v) is 3.12. The average molecular weight is 265 g/mol. The Balaban J connectivity index is 2.91. The summed E-state index contributed by atoms with van der Waals surface area (Å²) in [6.07, 6.45) is 0.670. The largest absolute Gasteiger partial charge is 0.496 e. The molecule has 0 aliphatic heterocycles. The summed E-state index contributed by atoms with van der Waals surface area (Å²) < 4.78 is 5.09. The number of carboxylic acids is 1. The van der Waals surface area contributed by atoms with Crippen molar-refractivity contribution in [3.63, 3.8) is 0 Å². The molecule has 0 saturated heterocycles. The number of nitrogens with one attached hydrogen (secondary N) is 1. The van der Waals surface area contributed by atoms with Gasteiger partial charge in [0, 0.05) is 0 Å². The SMILES string of the molecule is CCC(C)[C@H](NC(=O)c1ccccc1OC)C(=O)O. The second kappa shape index (κ2) is 6.78. The average Bonchev–Trinajstić information content (AvgIpc) is 2.43. The molecule has 0 bridgehead atoms. The Morgan fingerprint density at radius 1 is 1.37 bits per heavy atom. The Morgan fingerprint density at radius 3 is 2.53 bits per heavy atom. The van der Waals surface area contributed by atoms with E-state index in [1.54, 1.807) is 31.2 Å². The number of hydrogen-bond donors (Lipinski definition) is 2. The summed E-state index contributed by atoms with van der Waals surface area (Å²) in [5.41, 5.74) is 0.333. The minimum atomic E-state index is -1.03. The van der Waals surface area contributed by atoms with Crippen molar-refractivity contribution in [3.8, 4) is 5.75 Å². The summed E-state index contributed by atoms with van der Waals surface area (Å²) >= 11 is 0. The van der Waals surface area contributed by atoms with Crippen LogP contribution in [0.3, 0.4) is 0 Å². The molecule has 2 atom stereocenters. The van der Waals surface area contributed by atoms with Crippen molar-refractivity contribution in [1.29, 1.82) is 0 Å². The van der Waals surface area contributed by atoms with Gasteiger partial charge in [0.1, 0.15) is 11.8 Å². The molecule has 104 valence electrons. The van der Waals surface area contributed by atoms with Crippen LogP contribution in [0.2, 0.25) is 0 Å². The second-order valence-corrected chi connectivity index (χ2v) is 4.38. The summed E-state index contributed by atoms with van der Waals surface area (Å²) in [4.78, 5) is 23.3. The molecule has 5 nitrogen and oxygen atoms in total. The van der Waals surface area contributed by atoms with Gasteiger partial charge in [-0.1, -0.05) is 32.4 Å². The number of carbonyl (C=O) groups excluding carboxylic acids is 1. The number of amides is 1. The van der Waals surface area contributed by atoms with E-state index in [0.717, 1.165) is 0 Å². The summed E-state index contributed by atoms with van der Waals surface area (Å²) in [6, 6.07) is 5.81. The first-order valence-electron chi connectivity index (χ1n) is 6.17. The number of carboxylic acid groups (broad SMARTS) is 1. The van der Waals surface area contributed by atoms with Crippen LogP contribution in [0.4, 0.5) is 0 Å². The number of aliphatic carboxylic acids is 1. The minimum absolute atomic E-state index is 0.142. The minimum Gasteiger partial charge on any atom is -0.496 e. The summed E-state index contributed by atoms with van der Waals surface area (Å²) in [5, 5.41) is 11.7. The molecule has 1 unspecified atom stereocenters. The van der Waals surface area contributed by atoms with E-state index < -0.39 is 17.9 Å². The molecule has 0 spiro atoms. The van der Waals surface area contributed by atoms with E-state index >= 15 is 0 Å². The van der Waals surface area contributed by atoms with Gasteiger partial charge in [-0.2, -0.15) is 0 Å². The maximum absolute atomic E-state index is 12.1. The van der Waals surface area contributed by atoms with Crippen molar-refractivity contribution in [2.45, 2.75) is 26.3 Å². The molecular weight excluding hydrogens is 246 g/mol. The molecule has 1 aromatic carbocycles. The fraction of sp³-hybridized carbons (Fsp3) is 0.429. The van der Waals surface area contributed by atoms with Crippen LogP contribution in [-0.4, -0.2) is 30.1 Å². The van der Waals surface area contributed by atoms with Crippen molar-refractivity contribution >= 4 is 11.9 Å². The van der Waals surface area contributed by atoms with Crippen molar-refractivity contribution in [1.82, 2.24) is 5.32 Å². The molecule has 1 rings (SSSR count). The third kappa shape index (κ3) is 3.71. The first-order chi connectivity index (χ1) is 9.01. The predicted molar refractivity (Wildman–Crippen MR) is 71.3 cm³/mol. The Labute approximate surface area is 112 Å². The monoisotopic (exact) mass is 265 g/mol. The highest BCUT2D eigenvalue weighted by Gasteiger charge is 2.26. The van der Waals surface area contributed by atoms with E-state index in [2.05, 4.69) is 5.32 Å². The molecule has 0 fully saturated rings. The van der Waals surface area contributed by atoms with Gasteiger partial charge in [-0.15, -0.1) is 0 Å². The van der Waals surface area contributed by atoms with Gasteiger partial charge in [-0.25, -0.2) is 4.79 Å². The zero-order valence-electron chi connectivity index (χ0n) is 11.3. The lowest BCUT2D eigenvalue weighted by molar-refractivity contribution is -0.140. The quantitative estimate of drug-likeness (QED) is 0.824. The van der Waals surface area contributed by atoms with Crippen LogP contribution in [0.25, 0.3) is 0 Å². The van der Waals surface area contributed by atoms with E-state index in [1.165, 1.54) is 7.11 Å². The third-order valence-electron chi connectivity index (χ3n) is 3.12. The fourth-order valence-electron chi connectivity index (χ4n) is 1.73. The number of hydrogen-bond acceptors (Lipinski definition) is 3. The molecule has 19 heavy (non-hydrogen) atoms. The number of rotatable bonds is 6. The molecule has 0 saturated carbocycles. The van der Waals surface area contributed by atoms with Gasteiger partial charge in [0.15, 0.2) is 0 Å². The van der Waals surface area contributed by atoms with E-state index in [4.69, 9.17) is 9.84 Å². The molecule has 5 heteroatoms. The van der Waals surface area contributed by atoms with Gasteiger partial charge in [0.25, 0.3) is 5.91 Å². The molecule has 1 aromatic rings. The van der Waals surface area contributed by atoms with Crippen molar-refractivity contribution in [2.24, 2.45) is 5.92 Å². The molecule has 0 radical (unpaired) electrons. The zero-order valence-corrected chi connectivity index (χ0v) is 11.3. The molecule has 0 heterocycles. The van der Waals surface area contributed by atoms with Crippen LogP contribution in [0.15, 0.2) is 24.3 Å². The van der Waals surface area contributed by atoms with Crippen molar-refractivity contribution < 1.29 is 19.4 Å². The van der Waals surface area contributed by atoms with Gasteiger partial charge in [-0.3, -0.25) is 4.79 Å². The maximum atomic E-state index is 12.1. The lowest BCUT2D eigenvalue weighted by atomic mass is 9.99. The first-order valence-corrected chi connectivity index (χ1v) is 6.17. The highest BCUT2D eigenvalue weighted by molar-refractivity contribution is 5.98. The smallest absolute Gasteiger partial charge is 0.326 e. The normalized spacial score (nSPS) is 13.4. The molecule has 1 amide bonds. The van der Waals surface area contributed by atoms with E-state index in [-0.39, 0.29) is 5.92 Å². The molecule has 2 N–H and O–H groups in total. The topological polar surface area (TPSA) is 75.6 Å². The highest BCUT2D eigenvalue weighted by Crippen LogP contribution is 2.18. The van der Waals surface area contributed by atoms with Gasteiger partial charge in [-0.05, 0) is 18.1 Å². The lowest BCUT2D eigenvalue weighted by Gasteiger charge is -2.20. The van der Waals surface area contributed by atoms with Crippen LogP contribution in [0, 0.1) is 5.92 Å². The van der Waals surface area contributed by atoms with E-state index in [1.807, 2.05) is 6.92 Å². The van der Waals surface area contributed by atoms with Crippen molar-refractivity contribution in [3.05, 3.63) is 29.8 Å². The molecule has 0 aromatic heterocycles. The second-order valence-electron chi connectivity index (χ2n) is 4.38. The Hall–Kier alpha value is -2.04. The maximum Gasteiger partial charge on any atom is 0.326 e. The van der Waals surface area contributed by atoms with Gasteiger partial charge < -0.3 is 15.2 Å². The lowest BCUT2D eigenvalue weighted by Crippen LogP contribution is -2.45. The Kier molecular flexibility index (Phi) is 5.36. The van der Waals surface area contributed by atoms with Crippen molar-refractivity contribution in [2.75, 3.05) is 7.11 Å². The number of para-hydroxylation sites is 1. The van der Waals surface area contributed by atoms with Crippen LogP contribution in [0.5, 0.6) is 5.75 Å². The number of benzene rings is 1.